The van der Waals surface area contributed by atoms with Gasteiger partial charge in [0, 0.05) is 30.9 Å². The van der Waals surface area contributed by atoms with Crippen LogP contribution in [-0.2, 0) is 6.54 Å². The van der Waals surface area contributed by atoms with Gasteiger partial charge in [-0.05, 0) is 38.5 Å². The first-order valence-corrected chi connectivity index (χ1v) is 8.42. The lowest BCUT2D eigenvalue weighted by molar-refractivity contribution is 0.407. The van der Waals surface area contributed by atoms with Crippen molar-refractivity contribution in [2.45, 2.75) is 33.4 Å². The summed E-state index contributed by atoms with van der Waals surface area (Å²) in [5, 5.41) is 6.51. The molecule has 0 saturated carbocycles. The lowest BCUT2D eigenvalue weighted by Crippen LogP contribution is -2.40. The molecule has 25 heavy (non-hydrogen) atoms. The fourth-order valence-electron chi connectivity index (χ4n) is 2.11. The summed E-state index contributed by atoms with van der Waals surface area (Å²) in [7, 11) is 1.63. The Morgan fingerprint density at radius 1 is 1.20 bits per heavy atom. The van der Waals surface area contributed by atoms with Crippen LogP contribution in [-0.4, -0.2) is 30.6 Å². The van der Waals surface area contributed by atoms with Crippen molar-refractivity contribution in [1.82, 2.24) is 15.6 Å². The number of guanidine groups is 1. The molecular formula is C19H26N4O2. The Morgan fingerprint density at radius 3 is 2.64 bits per heavy atom. The van der Waals surface area contributed by atoms with E-state index in [-0.39, 0.29) is 0 Å². The van der Waals surface area contributed by atoms with Gasteiger partial charge >= 0.3 is 0 Å². The van der Waals surface area contributed by atoms with Gasteiger partial charge in [0.05, 0.1) is 13.7 Å². The molecule has 6 nitrogen and oxygen atoms in total. The Labute approximate surface area is 149 Å². The van der Waals surface area contributed by atoms with E-state index in [1.165, 1.54) is 0 Å². The number of pyridine rings is 1. The highest BCUT2D eigenvalue weighted by Crippen LogP contribution is 2.23. The van der Waals surface area contributed by atoms with E-state index in [2.05, 4.69) is 34.5 Å². The Bertz CT molecular complexity index is 684. The van der Waals surface area contributed by atoms with Gasteiger partial charge in [-0.15, -0.1) is 0 Å². The molecule has 0 unspecified atom stereocenters. The molecule has 1 aromatic carbocycles. The monoisotopic (exact) mass is 342 g/mol. The Morgan fingerprint density at radius 2 is 2.00 bits per heavy atom. The van der Waals surface area contributed by atoms with Crippen molar-refractivity contribution in [2.24, 2.45) is 4.99 Å². The summed E-state index contributed by atoms with van der Waals surface area (Å²) in [6.07, 6.45) is 1.78. The summed E-state index contributed by atoms with van der Waals surface area (Å²) in [4.78, 5) is 8.90. The highest BCUT2D eigenvalue weighted by Gasteiger charge is 2.03. The van der Waals surface area contributed by atoms with Gasteiger partial charge in [0.15, 0.2) is 5.96 Å². The molecule has 0 radical (unpaired) electrons. The lowest BCUT2D eigenvalue weighted by Gasteiger charge is -2.13. The average molecular weight is 342 g/mol. The van der Waals surface area contributed by atoms with Crippen molar-refractivity contribution in [2.75, 3.05) is 13.7 Å². The van der Waals surface area contributed by atoms with Gasteiger partial charge in [-0.3, -0.25) is 0 Å². The number of methoxy groups -OCH3 is 1. The van der Waals surface area contributed by atoms with Crippen molar-refractivity contribution in [1.29, 1.82) is 0 Å². The fraction of sp³-hybridized carbons (Fsp3) is 0.368. The Balaban J connectivity index is 1.98. The molecule has 0 saturated heterocycles. The molecular weight excluding hydrogens is 316 g/mol. The number of hydrogen-bond acceptors (Lipinski definition) is 4. The molecule has 2 rings (SSSR count). The maximum Gasteiger partial charge on any atom is 0.219 e. The second kappa shape index (κ2) is 9.52. The van der Waals surface area contributed by atoms with E-state index in [9.17, 15) is 0 Å². The van der Waals surface area contributed by atoms with Crippen LogP contribution in [0.5, 0.6) is 17.4 Å². The number of nitrogens with zero attached hydrogens (tertiary/aromatic N) is 2. The summed E-state index contributed by atoms with van der Waals surface area (Å²) >= 11 is 0. The van der Waals surface area contributed by atoms with E-state index in [4.69, 9.17) is 9.47 Å². The summed E-state index contributed by atoms with van der Waals surface area (Å²) < 4.78 is 10.9. The number of ether oxygens (including phenoxy) is 2. The highest BCUT2D eigenvalue weighted by atomic mass is 16.5. The normalized spacial score (nSPS) is 11.3. The van der Waals surface area contributed by atoms with E-state index in [1.807, 2.05) is 43.3 Å². The molecule has 2 N–H and O–H groups in total. The zero-order valence-corrected chi connectivity index (χ0v) is 15.2. The maximum absolute atomic E-state index is 5.74. The predicted octanol–water partition coefficient (Wildman–Crippen LogP) is 3.35. The first-order valence-electron chi connectivity index (χ1n) is 8.42. The quantitative estimate of drug-likeness (QED) is 0.597. The van der Waals surface area contributed by atoms with E-state index in [0.29, 0.717) is 24.2 Å². The summed E-state index contributed by atoms with van der Waals surface area (Å²) in [5.41, 5.74) is 1.01. The van der Waals surface area contributed by atoms with Crippen LogP contribution in [0.3, 0.4) is 0 Å². The van der Waals surface area contributed by atoms with Crippen LogP contribution in [0.4, 0.5) is 0 Å². The topological polar surface area (TPSA) is 67.8 Å². The SMILES string of the molecule is CCNC(=NCc1ccc(Oc2cccc(OC)c2)nc1)NC(C)C. The largest absolute Gasteiger partial charge is 0.497 e. The standard InChI is InChI=1S/C19H26N4O2/c1-5-20-19(23-14(2)3)22-13-15-9-10-18(21-12-15)25-17-8-6-7-16(11-17)24-4/h6-12,14H,5,13H2,1-4H3,(H2,20,22,23). The van der Waals surface area contributed by atoms with Gasteiger partial charge < -0.3 is 20.1 Å². The second-order valence-electron chi connectivity index (χ2n) is 5.78. The van der Waals surface area contributed by atoms with Gasteiger partial charge in [-0.2, -0.15) is 0 Å². The third-order valence-electron chi connectivity index (χ3n) is 3.25. The number of aliphatic imine (C=N–C) groups is 1. The van der Waals surface area contributed by atoms with E-state index >= 15 is 0 Å². The van der Waals surface area contributed by atoms with Crippen LogP contribution < -0.4 is 20.1 Å². The van der Waals surface area contributed by atoms with Crippen LogP contribution in [0.15, 0.2) is 47.6 Å². The minimum absolute atomic E-state index is 0.328. The van der Waals surface area contributed by atoms with Crippen LogP contribution >= 0.6 is 0 Å². The summed E-state index contributed by atoms with van der Waals surface area (Å²) in [6, 6.07) is 11.6. The van der Waals surface area contributed by atoms with Crippen molar-refractivity contribution < 1.29 is 9.47 Å². The molecule has 0 aliphatic rings. The second-order valence-corrected chi connectivity index (χ2v) is 5.78. The maximum atomic E-state index is 5.74. The first kappa shape index (κ1) is 18.6. The van der Waals surface area contributed by atoms with E-state index in [1.54, 1.807) is 13.3 Å². The zero-order chi connectivity index (χ0) is 18.1. The van der Waals surface area contributed by atoms with Crippen molar-refractivity contribution >= 4 is 5.96 Å². The third kappa shape index (κ3) is 6.33. The third-order valence-corrected chi connectivity index (χ3v) is 3.25. The Kier molecular flexibility index (Phi) is 7.07. The average Bonchev–Trinajstić information content (AvgIpc) is 2.61. The van der Waals surface area contributed by atoms with Crippen LogP contribution in [0.25, 0.3) is 0 Å². The van der Waals surface area contributed by atoms with Crippen molar-refractivity contribution in [3.05, 3.63) is 48.2 Å². The molecule has 0 bridgehead atoms. The minimum Gasteiger partial charge on any atom is -0.497 e. The molecule has 0 fully saturated rings. The number of benzene rings is 1. The molecule has 1 aromatic heterocycles. The van der Waals surface area contributed by atoms with Gasteiger partial charge in [-0.1, -0.05) is 12.1 Å². The van der Waals surface area contributed by atoms with Crippen LogP contribution in [0.2, 0.25) is 0 Å². The smallest absolute Gasteiger partial charge is 0.219 e. The van der Waals surface area contributed by atoms with Crippen LogP contribution in [0, 0.1) is 0 Å². The van der Waals surface area contributed by atoms with Gasteiger partial charge in [-0.25, -0.2) is 9.98 Å². The predicted molar refractivity (Wildman–Crippen MR) is 100 cm³/mol. The Hall–Kier alpha value is -2.76. The van der Waals surface area contributed by atoms with Gasteiger partial charge in [0.25, 0.3) is 0 Å². The van der Waals surface area contributed by atoms with Gasteiger partial charge in [0.2, 0.25) is 5.88 Å². The molecule has 2 aromatic rings. The number of aromatic nitrogens is 1. The van der Waals surface area contributed by atoms with Crippen molar-refractivity contribution in [3.8, 4) is 17.4 Å². The highest BCUT2D eigenvalue weighted by molar-refractivity contribution is 5.79. The molecule has 134 valence electrons. The van der Waals surface area contributed by atoms with Crippen molar-refractivity contribution in [3.63, 3.8) is 0 Å². The number of rotatable bonds is 7. The number of nitrogens with one attached hydrogen (secondary N) is 2. The molecule has 6 heteroatoms. The summed E-state index contributed by atoms with van der Waals surface area (Å²) in [5.74, 6) is 2.77. The molecule has 0 amide bonds. The molecule has 1 heterocycles. The van der Waals surface area contributed by atoms with E-state index < -0.39 is 0 Å². The van der Waals surface area contributed by atoms with E-state index in [0.717, 1.165) is 23.8 Å². The molecule has 0 aliphatic carbocycles. The molecule has 0 spiro atoms. The minimum atomic E-state index is 0.328. The van der Waals surface area contributed by atoms with Crippen LogP contribution in [0.1, 0.15) is 26.3 Å². The lowest BCUT2D eigenvalue weighted by atomic mass is 10.3. The number of hydrogen-bond donors (Lipinski definition) is 2. The summed E-state index contributed by atoms with van der Waals surface area (Å²) in [6.45, 7) is 7.58. The fourth-order valence-corrected chi connectivity index (χ4v) is 2.11. The van der Waals surface area contributed by atoms with Gasteiger partial charge in [0.1, 0.15) is 11.5 Å². The molecule has 0 aliphatic heterocycles. The molecule has 0 atom stereocenters. The first-order chi connectivity index (χ1) is 12.1. The zero-order valence-electron chi connectivity index (χ0n) is 15.2.